The Labute approximate surface area is 167 Å². The van der Waals surface area contributed by atoms with Gasteiger partial charge in [0, 0.05) is 20.6 Å². The lowest BCUT2D eigenvalue weighted by atomic mass is 10.1. The molecule has 2 atom stereocenters. The van der Waals surface area contributed by atoms with Gasteiger partial charge in [0.25, 0.3) is 5.91 Å². The highest BCUT2D eigenvalue weighted by atomic mass is 19.1. The predicted molar refractivity (Wildman–Crippen MR) is 107 cm³/mol. The van der Waals surface area contributed by atoms with Crippen molar-refractivity contribution < 1.29 is 18.6 Å². The van der Waals surface area contributed by atoms with E-state index in [1.165, 1.54) is 18.0 Å². The highest BCUT2D eigenvalue weighted by Gasteiger charge is 2.55. The number of guanidine groups is 1. The van der Waals surface area contributed by atoms with Crippen molar-refractivity contribution >= 4 is 35.1 Å². The van der Waals surface area contributed by atoms with Crippen LogP contribution in [0, 0.1) is 5.82 Å². The molecule has 0 saturated carbocycles. The zero-order chi connectivity index (χ0) is 20.9. The van der Waals surface area contributed by atoms with Crippen molar-refractivity contribution in [2.24, 2.45) is 10.1 Å². The first-order valence-corrected chi connectivity index (χ1v) is 9.41. The number of likely N-dealkylation sites (N-methyl/N-ethyl adjacent to an activating group) is 2. The molecule has 1 fully saturated rings. The van der Waals surface area contributed by atoms with Crippen molar-refractivity contribution in [1.29, 1.82) is 0 Å². The maximum atomic E-state index is 13.8. The number of benzene rings is 1. The second-order valence-electron chi connectivity index (χ2n) is 7.27. The monoisotopic (exact) mass is 400 g/mol. The molecule has 1 N–H and O–H groups in total. The number of imide groups is 1. The summed E-state index contributed by atoms with van der Waals surface area (Å²) in [6.45, 7) is 4.68. The van der Waals surface area contributed by atoms with Gasteiger partial charge in [0.1, 0.15) is 18.4 Å². The Hall–Kier alpha value is -3.30. The maximum Gasteiger partial charge on any atom is 0.417 e. The van der Waals surface area contributed by atoms with Gasteiger partial charge < -0.3 is 5.32 Å². The van der Waals surface area contributed by atoms with Gasteiger partial charge in [-0.15, -0.1) is 10.1 Å². The number of aliphatic imine (C=N–C) groups is 1. The lowest BCUT2D eigenvalue weighted by molar-refractivity contribution is -0.559. The molecule has 9 nitrogen and oxygen atoms in total. The molecule has 0 bridgehead atoms. The molecule has 3 aliphatic heterocycles. The third-order valence-electron chi connectivity index (χ3n) is 5.49. The van der Waals surface area contributed by atoms with Crippen LogP contribution in [0.3, 0.4) is 0 Å². The standard InChI is InChI=1S/C19H23FN7O2/c1-11-12(2)27-15-16(24(3)19(29)25(4)17(15)28)22-18(27)26(23-11)10-9-21-14-8-6-5-7-13(14)20/h5-8,12,15,21H,9-10H2,1-4H3/q+1. The molecule has 29 heavy (non-hydrogen) atoms. The van der Waals surface area contributed by atoms with Crippen LogP contribution in [-0.2, 0) is 4.79 Å². The number of amidine groups is 1. The van der Waals surface area contributed by atoms with Gasteiger partial charge in [0.2, 0.25) is 11.9 Å². The molecule has 0 radical (unpaired) electrons. The molecule has 3 heterocycles. The molecule has 3 amide bonds. The summed E-state index contributed by atoms with van der Waals surface area (Å²) < 4.78 is 15.7. The summed E-state index contributed by atoms with van der Waals surface area (Å²) in [4.78, 5) is 32.3. The summed E-state index contributed by atoms with van der Waals surface area (Å²) in [5.74, 6) is 0.279. The molecule has 0 aliphatic carbocycles. The highest BCUT2D eigenvalue weighted by Crippen LogP contribution is 2.24. The summed E-state index contributed by atoms with van der Waals surface area (Å²) in [6.07, 6.45) is 0. The van der Waals surface area contributed by atoms with Gasteiger partial charge in [-0.2, -0.15) is 0 Å². The van der Waals surface area contributed by atoms with Gasteiger partial charge in [0.15, 0.2) is 0 Å². The first-order valence-electron chi connectivity index (χ1n) is 9.41. The number of nitrogens with zero attached hydrogens (tertiary/aromatic N) is 6. The van der Waals surface area contributed by atoms with Gasteiger partial charge in [-0.05, 0) is 26.0 Å². The van der Waals surface area contributed by atoms with Gasteiger partial charge in [-0.25, -0.2) is 13.8 Å². The van der Waals surface area contributed by atoms with E-state index in [4.69, 9.17) is 0 Å². The van der Waals surface area contributed by atoms with Gasteiger partial charge in [0.05, 0.1) is 11.4 Å². The van der Waals surface area contributed by atoms with Crippen LogP contribution >= 0.6 is 0 Å². The van der Waals surface area contributed by atoms with Crippen LogP contribution in [0.1, 0.15) is 13.8 Å². The highest BCUT2D eigenvalue weighted by molar-refractivity contribution is 6.23. The number of rotatable bonds is 4. The summed E-state index contributed by atoms with van der Waals surface area (Å²) in [5.41, 5.74) is 1.24. The SMILES string of the molecule is CC1=NN(CCNc2ccccc2F)C2=[N+](C1C)C1C(=O)N(C)C(=O)N(C)C1=N2. The number of amides is 3. The van der Waals surface area contributed by atoms with E-state index in [1.807, 2.05) is 18.4 Å². The van der Waals surface area contributed by atoms with Crippen molar-refractivity contribution in [3.63, 3.8) is 0 Å². The normalized spacial score (nSPS) is 23.8. The van der Waals surface area contributed by atoms with Crippen molar-refractivity contribution in [3.05, 3.63) is 30.1 Å². The smallest absolute Gasteiger partial charge is 0.379 e. The third-order valence-corrected chi connectivity index (χ3v) is 5.49. The molecule has 0 aromatic heterocycles. The van der Waals surface area contributed by atoms with Crippen LogP contribution in [0.4, 0.5) is 14.9 Å². The van der Waals surface area contributed by atoms with Crippen LogP contribution in [0.2, 0.25) is 0 Å². The second-order valence-corrected chi connectivity index (χ2v) is 7.27. The number of fused-ring (bicyclic) bond motifs is 2. The maximum absolute atomic E-state index is 13.8. The van der Waals surface area contributed by atoms with E-state index in [0.29, 0.717) is 30.6 Å². The molecular formula is C19H23FN7O2+. The predicted octanol–water partition coefficient (Wildman–Crippen LogP) is 0.991. The zero-order valence-electron chi connectivity index (χ0n) is 16.8. The van der Waals surface area contributed by atoms with E-state index in [1.54, 1.807) is 30.3 Å². The lowest BCUT2D eigenvalue weighted by Gasteiger charge is -2.33. The number of hydrogen-bond donors (Lipinski definition) is 1. The number of urea groups is 1. The van der Waals surface area contributed by atoms with Crippen molar-refractivity contribution in [1.82, 2.24) is 14.8 Å². The van der Waals surface area contributed by atoms with Crippen molar-refractivity contribution in [2.45, 2.75) is 25.9 Å². The number of anilines is 1. The topological polar surface area (TPSA) is 83.6 Å². The number of para-hydroxylation sites is 1. The first kappa shape index (κ1) is 19.0. The lowest BCUT2D eigenvalue weighted by Crippen LogP contribution is -2.63. The van der Waals surface area contributed by atoms with Crippen LogP contribution in [0.25, 0.3) is 0 Å². The quantitative estimate of drug-likeness (QED) is 0.764. The molecule has 10 heteroatoms. The fraction of sp³-hybridized carbons (Fsp3) is 0.421. The summed E-state index contributed by atoms with van der Waals surface area (Å²) in [6, 6.07) is 5.23. The van der Waals surface area contributed by atoms with E-state index in [0.717, 1.165) is 10.6 Å². The molecule has 2 unspecified atom stereocenters. The Bertz CT molecular complexity index is 987. The number of hydrazone groups is 1. The van der Waals surface area contributed by atoms with Crippen LogP contribution < -0.4 is 5.32 Å². The van der Waals surface area contributed by atoms with Gasteiger partial charge in [-0.3, -0.25) is 14.6 Å². The molecule has 1 saturated heterocycles. The Morgan fingerprint density at radius 2 is 1.93 bits per heavy atom. The molecule has 1 aromatic carbocycles. The van der Waals surface area contributed by atoms with Gasteiger partial charge >= 0.3 is 12.0 Å². The fourth-order valence-electron chi connectivity index (χ4n) is 3.71. The number of carbonyl (C=O) groups excluding carboxylic acids is 2. The van der Waals surface area contributed by atoms with Crippen molar-refractivity contribution in [2.75, 3.05) is 32.5 Å². The summed E-state index contributed by atoms with van der Waals surface area (Å²) in [5, 5.41) is 9.36. The number of halogens is 1. The molecule has 0 spiro atoms. The molecule has 1 aromatic rings. The second kappa shape index (κ2) is 6.94. The molecule has 3 aliphatic rings. The molecule has 152 valence electrons. The number of carbonyl (C=O) groups is 2. The first-order chi connectivity index (χ1) is 13.8. The minimum atomic E-state index is -0.667. The van der Waals surface area contributed by atoms with E-state index in [-0.39, 0.29) is 17.8 Å². The Balaban J connectivity index is 1.60. The van der Waals surface area contributed by atoms with E-state index in [2.05, 4.69) is 15.4 Å². The largest absolute Gasteiger partial charge is 0.417 e. The number of hydrogen-bond acceptors (Lipinski definition) is 6. The Morgan fingerprint density at radius 1 is 1.21 bits per heavy atom. The minimum Gasteiger partial charge on any atom is -0.379 e. The summed E-state index contributed by atoms with van der Waals surface area (Å²) in [7, 11) is 3.08. The minimum absolute atomic E-state index is 0.147. The van der Waals surface area contributed by atoms with Crippen LogP contribution in [-0.4, -0.2) is 88.1 Å². The van der Waals surface area contributed by atoms with Crippen molar-refractivity contribution in [3.8, 4) is 0 Å². The molecule has 4 rings (SSSR count). The third kappa shape index (κ3) is 2.95. The molecular weight excluding hydrogens is 377 g/mol. The fourth-order valence-corrected chi connectivity index (χ4v) is 3.71. The zero-order valence-corrected chi connectivity index (χ0v) is 16.8. The Kier molecular flexibility index (Phi) is 4.56. The van der Waals surface area contributed by atoms with E-state index in [9.17, 15) is 14.0 Å². The van der Waals surface area contributed by atoms with Crippen LogP contribution in [0.15, 0.2) is 34.4 Å². The average Bonchev–Trinajstić information content (AvgIpc) is 3.11. The van der Waals surface area contributed by atoms with E-state index < -0.39 is 12.1 Å². The van der Waals surface area contributed by atoms with Crippen LogP contribution in [0.5, 0.6) is 0 Å². The van der Waals surface area contributed by atoms with E-state index >= 15 is 0 Å². The van der Waals surface area contributed by atoms with Gasteiger partial charge in [-0.1, -0.05) is 17.1 Å². The summed E-state index contributed by atoms with van der Waals surface area (Å²) >= 11 is 0. The number of nitrogens with one attached hydrogen (secondary N) is 1. The Morgan fingerprint density at radius 3 is 2.66 bits per heavy atom. The average molecular weight is 400 g/mol.